The fourth-order valence-electron chi connectivity index (χ4n) is 3.12. The van der Waals surface area contributed by atoms with Crippen molar-refractivity contribution in [1.82, 2.24) is 9.80 Å². The molecule has 0 aromatic heterocycles. The number of amides is 2. The van der Waals surface area contributed by atoms with E-state index in [9.17, 15) is 22.8 Å². The van der Waals surface area contributed by atoms with E-state index in [4.69, 9.17) is 5.11 Å². The molecule has 2 unspecified atom stereocenters. The molecule has 21 heavy (non-hydrogen) atoms. The lowest BCUT2D eigenvalue weighted by Crippen LogP contribution is -2.50. The van der Waals surface area contributed by atoms with Gasteiger partial charge in [-0.3, -0.25) is 4.79 Å². The summed E-state index contributed by atoms with van der Waals surface area (Å²) in [5.41, 5.74) is 0. The van der Waals surface area contributed by atoms with Gasteiger partial charge in [0.05, 0.1) is 11.8 Å². The summed E-state index contributed by atoms with van der Waals surface area (Å²) < 4.78 is 37.8. The molecule has 0 aliphatic carbocycles. The van der Waals surface area contributed by atoms with Crippen LogP contribution in [-0.2, 0) is 4.79 Å². The SMILES string of the molecule is CC1C(C(=O)O)CCN1C(=O)N1CCC(C(F)(F)F)CC1. The van der Waals surface area contributed by atoms with Crippen LogP contribution in [0.3, 0.4) is 0 Å². The van der Waals surface area contributed by atoms with Crippen molar-refractivity contribution in [3.63, 3.8) is 0 Å². The first kappa shape index (κ1) is 15.9. The van der Waals surface area contributed by atoms with Crippen LogP contribution in [0.2, 0.25) is 0 Å². The number of halogens is 3. The molecule has 5 nitrogen and oxygen atoms in total. The molecule has 2 aliphatic heterocycles. The number of aliphatic carboxylic acids is 1. The smallest absolute Gasteiger partial charge is 0.391 e. The second-order valence-corrected chi connectivity index (χ2v) is 5.75. The van der Waals surface area contributed by atoms with Crippen molar-refractivity contribution in [2.45, 2.75) is 38.4 Å². The number of carbonyl (C=O) groups excluding carboxylic acids is 1. The predicted molar refractivity (Wildman–Crippen MR) is 67.7 cm³/mol. The van der Waals surface area contributed by atoms with Crippen LogP contribution in [0.1, 0.15) is 26.2 Å². The summed E-state index contributed by atoms with van der Waals surface area (Å²) in [5, 5.41) is 9.04. The molecule has 2 amide bonds. The van der Waals surface area contributed by atoms with Gasteiger partial charge in [0.1, 0.15) is 0 Å². The zero-order valence-corrected chi connectivity index (χ0v) is 11.8. The summed E-state index contributed by atoms with van der Waals surface area (Å²) in [5.74, 6) is -2.88. The molecule has 0 radical (unpaired) electrons. The molecule has 0 aromatic rings. The number of carbonyl (C=O) groups is 2. The lowest BCUT2D eigenvalue weighted by atomic mass is 9.96. The number of carboxylic acid groups (broad SMARTS) is 1. The van der Waals surface area contributed by atoms with Gasteiger partial charge in [0, 0.05) is 25.7 Å². The van der Waals surface area contributed by atoms with Crippen molar-refractivity contribution in [3.8, 4) is 0 Å². The van der Waals surface area contributed by atoms with Crippen molar-refractivity contribution in [2.75, 3.05) is 19.6 Å². The van der Waals surface area contributed by atoms with Crippen LogP contribution in [0.5, 0.6) is 0 Å². The van der Waals surface area contributed by atoms with Gasteiger partial charge in [-0.05, 0) is 26.2 Å². The second kappa shape index (κ2) is 5.73. The third-order valence-electron chi connectivity index (χ3n) is 4.55. The van der Waals surface area contributed by atoms with Gasteiger partial charge < -0.3 is 14.9 Å². The molecule has 2 atom stereocenters. The number of hydrogen-bond acceptors (Lipinski definition) is 2. The first-order chi connectivity index (χ1) is 9.71. The van der Waals surface area contributed by atoms with E-state index in [1.54, 1.807) is 6.92 Å². The number of alkyl halides is 3. The van der Waals surface area contributed by atoms with Gasteiger partial charge in [-0.2, -0.15) is 13.2 Å². The highest BCUT2D eigenvalue weighted by Crippen LogP contribution is 2.35. The largest absolute Gasteiger partial charge is 0.481 e. The molecule has 2 heterocycles. The summed E-state index contributed by atoms with van der Waals surface area (Å²) in [6.07, 6.45) is -3.98. The van der Waals surface area contributed by atoms with Crippen molar-refractivity contribution in [2.24, 2.45) is 11.8 Å². The molecular weight excluding hydrogens is 289 g/mol. The van der Waals surface area contributed by atoms with Crippen molar-refractivity contribution < 1.29 is 27.9 Å². The van der Waals surface area contributed by atoms with Crippen LogP contribution in [0.4, 0.5) is 18.0 Å². The second-order valence-electron chi connectivity index (χ2n) is 5.75. The van der Waals surface area contributed by atoms with E-state index in [1.807, 2.05) is 0 Å². The van der Waals surface area contributed by atoms with E-state index in [0.29, 0.717) is 13.0 Å². The third kappa shape index (κ3) is 3.24. The standard InChI is InChI=1S/C13H19F3N2O3/c1-8-10(11(19)20)4-7-18(8)12(21)17-5-2-9(3-6-17)13(14,15)16/h8-10H,2-7H2,1H3,(H,19,20). The van der Waals surface area contributed by atoms with Crippen LogP contribution in [0, 0.1) is 11.8 Å². The fourth-order valence-corrected chi connectivity index (χ4v) is 3.12. The summed E-state index contributed by atoms with van der Waals surface area (Å²) in [6, 6.07) is -0.762. The monoisotopic (exact) mass is 308 g/mol. The molecule has 2 saturated heterocycles. The van der Waals surface area contributed by atoms with Crippen molar-refractivity contribution >= 4 is 12.0 Å². The highest BCUT2D eigenvalue weighted by Gasteiger charge is 2.44. The number of carboxylic acids is 1. The number of piperidine rings is 1. The molecule has 2 aliphatic rings. The quantitative estimate of drug-likeness (QED) is 0.807. The number of likely N-dealkylation sites (tertiary alicyclic amines) is 2. The first-order valence-electron chi connectivity index (χ1n) is 7.07. The number of nitrogens with zero attached hydrogens (tertiary/aromatic N) is 2. The molecule has 2 rings (SSSR count). The molecule has 8 heteroatoms. The summed E-state index contributed by atoms with van der Waals surface area (Å²) in [7, 11) is 0. The van der Waals surface area contributed by atoms with Crippen LogP contribution in [0.25, 0.3) is 0 Å². The van der Waals surface area contributed by atoms with E-state index in [1.165, 1.54) is 9.80 Å². The summed E-state index contributed by atoms with van der Waals surface area (Å²) in [4.78, 5) is 26.2. The summed E-state index contributed by atoms with van der Waals surface area (Å²) in [6.45, 7) is 2.16. The van der Waals surface area contributed by atoms with E-state index in [2.05, 4.69) is 0 Å². The molecular formula is C13H19F3N2O3. The third-order valence-corrected chi connectivity index (χ3v) is 4.55. The average molecular weight is 308 g/mol. The Morgan fingerprint density at radius 2 is 1.67 bits per heavy atom. The van der Waals surface area contributed by atoms with Gasteiger partial charge in [0.25, 0.3) is 0 Å². The Labute approximate surface area is 120 Å². The number of urea groups is 1. The average Bonchev–Trinajstić information content (AvgIpc) is 2.79. The predicted octanol–water partition coefficient (Wildman–Crippen LogP) is 2.18. The lowest BCUT2D eigenvalue weighted by Gasteiger charge is -2.36. The Bertz CT molecular complexity index is 419. The Morgan fingerprint density at radius 3 is 2.10 bits per heavy atom. The minimum atomic E-state index is -4.20. The van der Waals surface area contributed by atoms with Crippen LogP contribution in [-0.4, -0.2) is 58.8 Å². The Kier molecular flexibility index (Phi) is 4.34. The molecule has 2 fully saturated rings. The Hall–Kier alpha value is -1.47. The van der Waals surface area contributed by atoms with E-state index < -0.39 is 30.0 Å². The Balaban J connectivity index is 1.92. The first-order valence-corrected chi connectivity index (χ1v) is 7.07. The zero-order chi connectivity index (χ0) is 15.8. The minimum absolute atomic E-state index is 0.0734. The number of hydrogen-bond donors (Lipinski definition) is 1. The zero-order valence-electron chi connectivity index (χ0n) is 11.8. The van der Waals surface area contributed by atoms with Gasteiger partial charge in [0.2, 0.25) is 0 Å². The maximum absolute atomic E-state index is 12.6. The van der Waals surface area contributed by atoms with E-state index in [-0.39, 0.29) is 32.0 Å². The topological polar surface area (TPSA) is 60.9 Å². The lowest BCUT2D eigenvalue weighted by molar-refractivity contribution is -0.183. The number of rotatable bonds is 1. The molecule has 0 spiro atoms. The molecule has 120 valence electrons. The highest BCUT2D eigenvalue weighted by molar-refractivity contribution is 5.78. The van der Waals surface area contributed by atoms with Crippen LogP contribution >= 0.6 is 0 Å². The van der Waals surface area contributed by atoms with Crippen LogP contribution in [0.15, 0.2) is 0 Å². The van der Waals surface area contributed by atoms with Crippen molar-refractivity contribution in [1.29, 1.82) is 0 Å². The molecule has 0 bridgehead atoms. The highest BCUT2D eigenvalue weighted by atomic mass is 19.4. The Morgan fingerprint density at radius 1 is 1.10 bits per heavy atom. The van der Waals surface area contributed by atoms with E-state index >= 15 is 0 Å². The molecule has 0 aromatic carbocycles. The maximum Gasteiger partial charge on any atom is 0.391 e. The van der Waals surface area contributed by atoms with Gasteiger partial charge in [0.15, 0.2) is 0 Å². The minimum Gasteiger partial charge on any atom is -0.481 e. The van der Waals surface area contributed by atoms with Crippen LogP contribution < -0.4 is 0 Å². The molecule has 1 N–H and O–H groups in total. The summed E-state index contributed by atoms with van der Waals surface area (Å²) >= 11 is 0. The fraction of sp³-hybridized carbons (Fsp3) is 0.846. The normalized spacial score (nSPS) is 28.0. The van der Waals surface area contributed by atoms with Gasteiger partial charge in [-0.1, -0.05) is 0 Å². The van der Waals surface area contributed by atoms with Gasteiger partial charge >= 0.3 is 18.2 Å². The van der Waals surface area contributed by atoms with E-state index in [0.717, 1.165) is 0 Å². The maximum atomic E-state index is 12.6. The van der Waals surface area contributed by atoms with Crippen molar-refractivity contribution in [3.05, 3.63) is 0 Å². The van der Waals surface area contributed by atoms with Gasteiger partial charge in [-0.15, -0.1) is 0 Å². The molecule has 0 saturated carbocycles. The van der Waals surface area contributed by atoms with Gasteiger partial charge in [-0.25, -0.2) is 4.79 Å².